The first kappa shape index (κ1) is 20.8. The first-order chi connectivity index (χ1) is 14.3. The van der Waals surface area contributed by atoms with E-state index in [9.17, 15) is 13.2 Å². The van der Waals surface area contributed by atoms with Crippen LogP contribution in [0.4, 0.5) is 0 Å². The smallest absolute Gasteiger partial charge is 0.243 e. The molecule has 158 valence electrons. The van der Waals surface area contributed by atoms with E-state index in [4.69, 9.17) is 16.0 Å². The predicted octanol–water partition coefficient (Wildman–Crippen LogP) is 3.51. The number of carbonyl (C=O) groups excluding carboxylic acids is 1. The lowest BCUT2D eigenvalue weighted by atomic mass is 9.97. The zero-order valence-electron chi connectivity index (χ0n) is 16.5. The molecule has 1 amide bonds. The van der Waals surface area contributed by atoms with Crippen molar-refractivity contribution in [2.45, 2.75) is 23.7 Å². The minimum atomic E-state index is -3.76. The number of oxazole rings is 1. The third kappa shape index (κ3) is 4.21. The molecule has 2 heterocycles. The van der Waals surface area contributed by atoms with Crippen molar-refractivity contribution in [3.8, 4) is 0 Å². The quantitative estimate of drug-likeness (QED) is 0.597. The van der Waals surface area contributed by atoms with Crippen LogP contribution < -0.4 is 0 Å². The van der Waals surface area contributed by atoms with Gasteiger partial charge in [0.2, 0.25) is 15.9 Å². The maximum Gasteiger partial charge on any atom is 0.243 e. The van der Waals surface area contributed by atoms with Gasteiger partial charge in [0.05, 0.1) is 11.4 Å². The molecular weight excluding hydrogens is 426 g/mol. The summed E-state index contributed by atoms with van der Waals surface area (Å²) in [5.41, 5.74) is 1.60. The number of carbonyl (C=O) groups is 1. The van der Waals surface area contributed by atoms with E-state index in [1.807, 2.05) is 24.3 Å². The molecule has 0 spiro atoms. The third-order valence-electron chi connectivity index (χ3n) is 5.39. The van der Waals surface area contributed by atoms with Crippen molar-refractivity contribution in [1.82, 2.24) is 14.2 Å². The van der Waals surface area contributed by atoms with Crippen LogP contribution in [0.5, 0.6) is 0 Å². The van der Waals surface area contributed by atoms with Gasteiger partial charge >= 0.3 is 0 Å². The van der Waals surface area contributed by atoms with E-state index in [-0.39, 0.29) is 23.3 Å². The van der Waals surface area contributed by atoms with Gasteiger partial charge in [-0.2, -0.15) is 4.31 Å². The van der Waals surface area contributed by atoms with E-state index >= 15 is 0 Å². The summed E-state index contributed by atoms with van der Waals surface area (Å²) in [5.74, 6) is 0.633. The van der Waals surface area contributed by atoms with Gasteiger partial charge in [0.15, 0.2) is 11.5 Å². The molecule has 0 saturated carbocycles. The molecule has 1 aliphatic rings. The number of hydrogen-bond acceptors (Lipinski definition) is 5. The maximum atomic E-state index is 12.7. The number of aromatic nitrogens is 1. The number of sulfonamides is 1. The number of hydrogen-bond donors (Lipinski definition) is 0. The van der Waals surface area contributed by atoms with Crippen LogP contribution in [0.25, 0.3) is 11.1 Å². The van der Waals surface area contributed by atoms with Crippen LogP contribution in [0, 0.1) is 0 Å². The number of nitrogens with zero attached hydrogens (tertiary/aromatic N) is 3. The molecule has 7 nitrogen and oxygen atoms in total. The van der Waals surface area contributed by atoms with Gasteiger partial charge in [-0.15, -0.1) is 0 Å². The zero-order chi connectivity index (χ0) is 21.3. The summed E-state index contributed by atoms with van der Waals surface area (Å²) in [6, 6.07) is 13.5. The number of halogens is 1. The Morgan fingerprint density at radius 2 is 1.83 bits per heavy atom. The summed E-state index contributed by atoms with van der Waals surface area (Å²) in [5, 5.41) is 0.453. The van der Waals surface area contributed by atoms with Gasteiger partial charge < -0.3 is 9.32 Å². The number of para-hydroxylation sites is 2. The lowest BCUT2D eigenvalue weighted by Crippen LogP contribution is -2.44. The highest BCUT2D eigenvalue weighted by Crippen LogP contribution is 2.30. The van der Waals surface area contributed by atoms with Gasteiger partial charge in [-0.1, -0.05) is 23.7 Å². The number of likely N-dealkylation sites (tertiary alicyclic amines) is 1. The fraction of sp³-hybridized carbons (Fsp3) is 0.333. The Bertz CT molecular complexity index is 1120. The highest BCUT2D eigenvalue weighted by atomic mass is 35.5. The fourth-order valence-electron chi connectivity index (χ4n) is 3.60. The minimum absolute atomic E-state index is 0.108. The molecule has 0 aliphatic carbocycles. The average molecular weight is 448 g/mol. The summed E-state index contributed by atoms with van der Waals surface area (Å²) >= 11 is 5.83. The van der Waals surface area contributed by atoms with Gasteiger partial charge in [-0.05, 0) is 49.2 Å². The van der Waals surface area contributed by atoms with Gasteiger partial charge in [-0.25, -0.2) is 13.4 Å². The fourth-order valence-corrected chi connectivity index (χ4v) is 4.85. The summed E-state index contributed by atoms with van der Waals surface area (Å²) in [7, 11) is -2.35. The number of likely N-dealkylation sites (N-methyl/N-ethyl adjacent to an activating group) is 1. The summed E-state index contributed by atoms with van der Waals surface area (Å²) in [4.78, 5) is 19.1. The van der Waals surface area contributed by atoms with Crippen LogP contribution in [-0.4, -0.2) is 55.2 Å². The molecule has 1 aliphatic heterocycles. The van der Waals surface area contributed by atoms with E-state index < -0.39 is 10.0 Å². The number of fused-ring (bicyclic) bond motifs is 1. The maximum absolute atomic E-state index is 12.7. The van der Waals surface area contributed by atoms with E-state index in [1.165, 1.54) is 31.3 Å². The van der Waals surface area contributed by atoms with Crippen molar-refractivity contribution >= 4 is 38.6 Å². The Hall–Kier alpha value is -2.42. The molecule has 1 saturated heterocycles. The molecule has 0 N–H and O–H groups in total. The molecule has 3 aromatic rings. The molecule has 0 unspecified atom stereocenters. The van der Waals surface area contributed by atoms with Crippen LogP contribution in [0.2, 0.25) is 5.02 Å². The highest BCUT2D eigenvalue weighted by molar-refractivity contribution is 7.89. The molecule has 0 radical (unpaired) electrons. The third-order valence-corrected chi connectivity index (χ3v) is 7.46. The number of rotatable bonds is 5. The van der Waals surface area contributed by atoms with Gasteiger partial charge in [0.1, 0.15) is 5.52 Å². The van der Waals surface area contributed by atoms with Crippen LogP contribution >= 0.6 is 11.6 Å². The van der Waals surface area contributed by atoms with E-state index in [2.05, 4.69) is 4.98 Å². The van der Waals surface area contributed by atoms with Gasteiger partial charge in [0.25, 0.3) is 0 Å². The number of benzene rings is 2. The monoisotopic (exact) mass is 447 g/mol. The van der Waals surface area contributed by atoms with Crippen molar-refractivity contribution in [1.29, 1.82) is 0 Å². The Labute approximate surface area is 180 Å². The molecule has 9 heteroatoms. The average Bonchev–Trinajstić information content (AvgIpc) is 3.18. The number of amides is 1. The normalized spacial score (nSPS) is 15.8. The van der Waals surface area contributed by atoms with Crippen LogP contribution in [-0.2, 0) is 14.8 Å². The molecule has 0 bridgehead atoms. The Balaban J connectivity index is 1.36. The van der Waals surface area contributed by atoms with Crippen molar-refractivity contribution in [3.63, 3.8) is 0 Å². The first-order valence-corrected chi connectivity index (χ1v) is 11.5. The predicted molar refractivity (Wildman–Crippen MR) is 114 cm³/mol. The molecular formula is C21H22ClN3O4S. The summed E-state index contributed by atoms with van der Waals surface area (Å²) < 4.78 is 32.3. The lowest BCUT2D eigenvalue weighted by molar-refractivity contribution is -0.132. The Morgan fingerprint density at radius 3 is 2.50 bits per heavy atom. The van der Waals surface area contributed by atoms with Gasteiger partial charge in [-0.3, -0.25) is 4.79 Å². The molecule has 4 rings (SSSR count). The first-order valence-electron chi connectivity index (χ1n) is 9.70. The summed E-state index contributed by atoms with van der Waals surface area (Å²) in [6.07, 6.45) is 1.46. The minimum Gasteiger partial charge on any atom is -0.440 e. The molecule has 1 fully saturated rings. The Morgan fingerprint density at radius 1 is 1.17 bits per heavy atom. The van der Waals surface area contributed by atoms with Crippen LogP contribution in [0.3, 0.4) is 0 Å². The summed E-state index contributed by atoms with van der Waals surface area (Å²) in [6.45, 7) is 0.868. The SMILES string of the molecule is CN(CC(=O)N1CCC(c2nc3ccccc3o2)CC1)S(=O)(=O)c1ccc(Cl)cc1. The second-order valence-electron chi connectivity index (χ2n) is 7.39. The van der Waals surface area contributed by atoms with Crippen molar-refractivity contribution in [3.05, 3.63) is 59.4 Å². The molecule has 30 heavy (non-hydrogen) atoms. The van der Waals surface area contributed by atoms with E-state index in [1.54, 1.807) is 4.90 Å². The van der Waals surface area contributed by atoms with Crippen LogP contribution in [0.1, 0.15) is 24.7 Å². The highest BCUT2D eigenvalue weighted by Gasteiger charge is 2.29. The van der Waals surface area contributed by atoms with Crippen molar-refractivity contribution in [2.75, 3.05) is 26.7 Å². The topological polar surface area (TPSA) is 83.7 Å². The van der Waals surface area contributed by atoms with E-state index in [0.29, 0.717) is 24.0 Å². The second-order valence-corrected chi connectivity index (χ2v) is 9.87. The lowest BCUT2D eigenvalue weighted by Gasteiger charge is -2.31. The second kappa shape index (κ2) is 8.37. The van der Waals surface area contributed by atoms with E-state index in [0.717, 1.165) is 28.2 Å². The zero-order valence-corrected chi connectivity index (χ0v) is 18.1. The van der Waals surface area contributed by atoms with Crippen molar-refractivity contribution < 1.29 is 17.6 Å². The van der Waals surface area contributed by atoms with Crippen molar-refractivity contribution in [2.24, 2.45) is 0 Å². The number of piperidine rings is 1. The Kier molecular flexibility index (Phi) is 5.81. The van der Waals surface area contributed by atoms with Gasteiger partial charge in [0, 0.05) is 31.1 Å². The standard InChI is InChI=1S/C21H22ClN3O4S/c1-24(30(27,28)17-8-6-16(22)7-9-17)14-20(26)25-12-10-15(11-13-25)21-23-18-4-2-3-5-19(18)29-21/h2-9,15H,10-14H2,1H3. The van der Waals surface area contributed by atoms with Crippen LogP contribution in [0.15, 0.2) is 57.8 Å². The molecule has 2 aromatic carbocycles. The molecule has 1 aromatic heterocycles. The largest absolute Gasteiger partial charge is 0.440 e. The molecule has 0 atom stereocenters.